The van der Waals surface area contributed by atoms with Crippen LogP contribution in [-0.4, -0.2) is 16.1 Å². The van der Waals surface area contributed by atoms with Crippen molar-refractivity contribution < 1.29 is 15.0 Å². The average Bonchev–Trinajstić information content (AvgIpc) is 2.51. The molecule has 2 rings (SSSR count). The second kappa shape index (κ2) is 6.50. The number of anilines is 1. The molecule has 4 nitrogen and oxygen atoms in total. The number of phenols is 2. The van der Waals surface area contributed by atoms with E-state index in [-0.39, 0.29) is 28.2 Å². The van der Waals surface area contributed by atoms with E-state index < -0.39 is 5.91 Å². The highest BCUT2D eigenvalue weighted by Crippen LogP contribution is 2.33. The molecule has 0 radical (unpaired) electrons. The first-order valence-corrected chi connectivity index (χ1v) is 7.76. The zero-order chi connectivity index (χ0) is 17.2. The van der Waals surface area contributed by atoms with Gasteiger partial charge in [0.15, 0.2) is 0 Å². The van der Waals surface area contributed by atoms with Crippen LogP contribution in [0, 0.1) is 0 Å². The summed E-state index contributed by atoms with van der Waals surface area (Å²) in [5, 5.41) is 22.8. The Hall–Kier alpha value is -2.20. The monoisotopic (exact) mass is 333 g/mol. The summed E-state index contributed by atoms with van der Waals surface area (Å²) in [6.07, 6.45) is 0.925. The fourth-order valence-corrected chi connectivity index (χ4v) is 2.31. The molecule has 0 bridgehead atoms. The van der Waals surface area contributed by atoms with Gasteiger partial charge in [0.05, 0.1) is 11.3 Å². The summed E-state index contributed by atoms with van der Waals surface area (Å²) in [5.74, 6) is -0.725. The van der Waals surface area contributed by atoms with Gasteiger partial charge >= 0.3 is 0 Å². The van der Waals surface area contributed by atoms with E-state index in [9.17, 15) is 15.0 Å². The smallest absolute Gasteiger partial charge is 0.259 e. The summed E-state index contributed by atoms with van der Waals surface area (Å²) in [5.41, 5.74) is 1.26. The molecule has 0 aromatic heterocycles. The van der Waals surface area contributed by atoms with Crippen LogP contribution in [0.2, 0.25) is 5.02 Å². The zero-order valence-corrected chi connectivity index (χ0v) is 14.1. The number of rotatable bonds is 4. The number of carbonyl (C=O) groups excluding carboxylic acids is 1. The van der Waals surface area contributed by atoms with Crippen molar-refractivity contribution in [2.24, 2.45) is 0 Å². The first-order chi connectivity index (χ1) is 10.7. The summed E-state index contributed by atoms with van der Waals surface area (Å²) in [7, 11) is 0. The molecule has 2 aromatic rings. The molecular formula is C18H20ClNO3. The quantitative estimate of drug-likeness (QED) is 0.711. The predicted octanol–water partition coefficient (Wildman–Crippen LogP) is 4.69. The third kappa shape index (κ3) is 3.77. The van der Waals surface area contributed by atoms with Crippen LogP contribution in [-0.2, 0) is 5.41 Å². The molecule has 122 valence electrons. The molecule has 1 amide bonds. The van der Waals surface area contributed by atoms with Gasteiger partial charge in [0.2, 0.25) is 0 Å². The van der Waals surface area contributed by atoms with Crippen molar-refractivity contribution in [2.75, 3.05) is 5.32 Å². The van der Waals surface area contributed by atoms with Crippen molar-refractivity contribution in [1.82, 2.24) is 0 Å². The molecular weight excluding hydrogens is 314 g/mol. The first-order valence-electron chi connectivity index (χ1n) is 7.38. The van der Waals surface area contributed by atoms with Gasteiger partial charge in [-0.2, -0.15) is 0 Å². The summed E-state index contributed by atoms with van der Waals surface area (Å²) in [4.78, 5) is 12.2. The van der Waals surface area contributed by atoms with Crippen LogP contribution < -0.4 is 5.32 Å². The maximum Gasteiger partial charge on any atom is 0.259 e. The largest absolute Gasteiger partial charge is 0.507 e. The summed E-state index contributed by atoms with van der Waals surface area (Å²) in [6, 6.07) is 9.39. The molecule has 23 heavy (non-hydrogen) atoms. The lowest BCUT2D eigenvalue weighted by atomic mass is 9.82. The van der Waals surface area contributed by atoms with Crippen molar-refractivity contribution in [3.05, 3.63) is 52.5 Å². The molecule has 3 N–H and O–H groups in total. The summed E-state index contributed by atoms with van der Waals surface area (Å²) < 4.78 is 0. The second-order valence-electron chi connectivity index (χ2n) is 6.08. The fourth-order valence-electron chi connectivity index (χ4n) is 2.14. The van der Waals surface area contributed by atoms with Gasteiger partial charge < -0.3 is 15.5 Å². The summed E-state index contributed by atoms with van der Waals surface area (Å²) in [6.45, 7) is 6.25. The molecule has 0 saturated heterocycles. The molecule has 5 heteroatoms. The molecule has 0 heterocycles. The third-order valence-corrected chi connectivity index (χ3v) is 4.35. The standard InChI is InChI=1S/C18H20ClNO3/c1-4-18(2,3)11-5-7-14(16(22)9-11)20-17(23)13-10-12(19)6-8-15(13)21/h5-10,21-22H,4H2,1-3H3,(H,20,23). The molecule has 2 aromatic carbocycles. The number of nitrogens with one attached hydrogen (secondary N) is 1. The second-order valence-corrected chi connectivity index (χ2v) is 6.52. The molecule has 0 aliphatic heterocycles. The Balaban J connectivity index is 2.27. The van der Waals surface area contributed by atoms with Crippen LogP contribution in [0.1, 0.15) is 43.1 Å². The minimum atomic E-state index is -0.539. The highest BCUT2D eigenvalue weighted by Gasteiger charge is 2.20. The molecule has 0 unspecified atom stereocenters. The average molecular weight is 334 g/mol. The summed E-state index contributed by atoms with van der Waals surface area (Å²) >= 11 is 5.84. The van der Waals surface area contributed by atoms with Gasteiger partial charge in [-0.15, -0.1) is 0 Å². The topological polar surface area (TPSA) is 69.6 Å². The fraction of sp³-hybridized carbons (Fsp3) is 0.278. The minimum absolute atomic E-state index is 0.0149. The van der Waals surface area contributed by atoms with Crippen molar-refractivity contribution in [1.29, 1.82) is 0 Å². The number of amides is 1. The Kier molecular flexibility index (Phi) is 4.85. The number of aromatic hydroxyl groups is 2. The van der Waals surface area contributed by atoms with Crippen LogP contribution in [0.15, 0.2) is 36.4 Å². The first kappa shape index (κ1) is 17.2. The Labute approximate surface area is 140 Å². The molecule has 0 aliphatic carbocycles. The number of benzene rings is 2. The normalized spacial score (nSPS) is 11.3. The molecule has 0 saturated carbocycles. The number of halogens is 1. The van der Waals surface area contributed by atoms with Gasteiger partial charge in [-0.1, -0.05) is 38.4 Å². The molecule has 0 atom stereocenters. The highest BCUT2D eigenvalue weighted by molar-refractivity contribution is 6.31. The van der Waals surface area contributed by atoms with Crippen LogP contribution in [0.25, 0.3) is 0 Å². The van der Waals surface area contributed by atoms with E-state index in [2.05, 4.69) is 26.1 Å². The lowest BCUT2D eigenvalue weighted by Gasteiger charge is -2.24. The number of hydrogen-bond acceptors (Lipinski definition) is 3. The minimum Gasteiger partial charge on any atom is -0.507 e. The van der Waals surface area contributed by atoms with E-state index in [1.54, 1.807) is 12.1 Å². The zero-order valence-electron chi connectivity index (χ0n) is 13.4. The van der Waals surface area contributed by atoms with Gasteiger partial charge in [0, 0.05) is 5.02 Å². The van der Waals surface area contributed by atoms with Crippen LogP contribution in [0.3, 0.4) is 0 Å². The molecule has 0 spiro atoms. The van der Waals surface area contributed by atoms with E-state index in [1.165, 1.54) is 18.2 Å². The Bertz CT molecular complexity index is 741. The number of phenolic OH excluding ortho intramolecular Hbond substituents is 2. The predicted molar refractivity (Wildman–Crippen MR) is 92.5 cm³/mol. The Morgan fingerprint density at radius 3 is 2.43 bits per heavy atom. The maximum absolute atomic E-state index is 12.2. The van der Waals surface area contributed by atoms with Crippen molar-refractivity contribution in [3.8, 4) is 11.5 Å². The van der Waals surface area contributed by atoms with Crippen molar-refractivity contribution >= 4 is 23.2 Å². The Morgan fingerprint density at radius 1 is 1.13 bits per heavy atom. The van der Waals surface area contributed by atoms with Crippen molar-refractivity contribution in [2.45, 2.75) is 32.6 Å². The maximum atomic E-state index is 12.2. The number of hydrogen-bond donors (Lipinski definition) is 3. The highest BCUT2D eigenvalue weighted by atomic mass is 35.5. The van der Waals surface area contributed by atoms with E-state index in [4.69, 9.17) is 11.6 Å². The van der Waals surface area contributed by atoms with Gasteiger partial charge in [0.25, 0.3) is 5.91 Å². The Morgan fingerprint density at radius 2 is 1.83 bits per heavy atom. The third-order valence-electron chi connectivity index (χ3n) is 4.11. The van der Waals surface area contributed by atoms with Gasteiger partial charge in [0.1, 0.15) is 11.5 Å². The van der Waals surface area contributed by atoms with E-state index in [1.807, 2.05) is 6.07 Å². The molecule has 0 aliphatic rings. The van der Waals surface area contributed by atoms with E-state index in [0.29, 0.717) is 5.02 Å². The van der Waals surface area contributed by atoms with Gasteiger partial charge in [-0.05, 0) is 47.7 Å². The lowest BCUT2D eigenvalue weighted by Crippen LogP contribution is -2.16. The van der Waals surface area contributed by atoms with Gasteiger partial charge in [-0.3, -0.25) is 4.79 Å². The van der Waals surface area contributed by atoms with Crippen molar-refractivity contribution in [3.63, 3.8) is 0 Å². The van der Waals surface area contributed by atoms with Crippen LogP contribution in [0.5, 0.6) is 11.5 Å². The molecule has 0 fully saturated rings. The van der Waals surface area contributed by atoms with Gasteiger partial charge in [-0.25, -0.2) is 0 Å². The van der Waals surface area contributed by atoms with Crippen LogP contribution >= 0.6 is 11.6 Å². The van der Waals surface area contributed by atoms with E-state index >= 15 is 0 Å². The van der Waals surface area contributed by atoms with E-state index in [0.717, 1.165) is 12.0 Å². The van der Waals surface area contributed by atoms with Crippen LogP contribution in [0.4, 0.5) is 5.69 Å². The number of carbonyl (C=O) groups is 1. The SMILES string of the molecule is CCC(C)(C)c1ccc(NC(=O)c2cc(Cl)ccc2O)c(O)c1. The lowest BCUT2D eigenvalue weighted by molar-refractivity contribution is 0.102.